The molecule has 1 amide bonds. The van der Waals surface area contributed by atoms with Crippen LogP contribution in [0.5, 0.6) is 11.5 Å². The number of anilines is 1. The molecule has 3 aromatic heterocycles. The molecule has 13 heteroatoms. The molecule has 1 saturated heterocycles. The van der Waals surface area contributed by atoms with Gasteiger partial charge < -0.3 is 20.1 Å². The number of hydrogen-bond donors (Lipinski definition) is 1. The highest BCUT2D eigenvalue weighted by atomic mass is 19.4. The quantitative estimate of drug-likeness (QED) is 0.429. The van der Waals surface area contributed by atoms with Crippen LogP contribution in [0.3, 0.4) is 0 Å². The number of pyridine rings is 1. The van der Waals surface area contributed by atoms with Crippen molar-refractivity contribution in [1.82, 2.24) is 24.3 Å². The molecule has 1 aromatic carbocycles. The van der Waals surface area contributed by atoms with Gasteiger partial charge in [0, 0.05) is 18.7 Å². The normalized spacial score (nSPS) is 19.5. The van der Waals surface area contributed by atoms with E-state index in [0.29, 0.717) is 42.0 Å². The predicted octanol–water partition coefficient (Wildman–Crippen LogP) is 3.64. The lowest BCUT2D eigenvalue weighted by atomic mass is 9.93. The summed E-state index contributed by atoms with van der Waals surface area (Å²) in [5.41, 5.74) is 7.64. The van der Waals surface area contributed by atoms with E-state index in [0.717, 1.165) is 6.07 Å². The fraction of sp³-hybridized carbons (Fsp3) is 0.273. The highest BCUT2D eigenvalue weighted by molar-refractivity contribution is 5.96. The molecule has 2 aliphatic rings. The number of alkyl halides is 3. The van der Waals surface area contributed by atoms with Crippen molar-refractivity contribution in [2.75, 3.05) is 12.3 Å². The Bertz CT molecular complexity index is 1500. The van der Waals surface area contributed by atoms with Gasteiger partial charge in [-0.1, -0.05) is 0 Å². The second kappa shape index (κ2) is 7.42. The minimum atomic E-state index is -4.98. The summed E-state index contributed by atoms with van der Waals surface area (Å²) >= 11 is 0. The molecular formula is C22H16F4N6O3. The van der Waals surface area contributed by atoms with Gasteiger partial charge in [0.2, 0.25) is 0 Å². The number of likely N-dealkylation sites (tertiary alicyclic amines) is 1. The summed E-state index contributed by atoms with van der Waals surface area (Å²) in [5, 5.41) is 0. The summed E-state index contributed by atoms with van der Waals surface area (Å²) in [6.45, 7) is 0.295. The van der Waals surface area contributed by atoms with Crippen LogP contribution in [-0.4, -0.2) is 49.2 Å². The Morgan fingerprint density at radius 3 is 2.83 bits per heavy atom. The first kappa shape index (κ1) is 21.4. The van der Waals surface area contributed by atoms with Crippen molar-refractivity contribution in [3.05, 3.63) is 54.0 Å². The van der Waals surface area contributed by atoms with Crippen LogP contribution in [0.25, 0.3) is 16.6 Å². The maximum Gasteiger partial charge on any atom is 0.573 e. The smallest absolute Gasteiger partial charge is 0.487 e. The Hall–Kier alpha value is -4.16. The number of rotatable bonds is 2. The number of nitrogen functional groups attached to an aromatic ring is 1. The molecule has 2 unspecified atom stereocenters. The molecule has 4 aromatic rings. The van der Waals surface area contributed by atoms with Gasteiger partial charge in [0.05, 0.1) is 29.8 Å². The van der Waals surface area contributed by atoms with Gasteiger partial charge in [-0.15, -0.1) is 13.2 Å². The standard InChI is InChI=1S/C22H16F4N6O3/c23-11-4-10(35-22(24,25)26)5-17-18(11)19-16(34-17)2-1-3-31(19)21(33)12-6-14-13(7-29-12)30-20(27)15-8-28-9-32(14)15/h4-9,16,19H,1-3H2,(H2,27,30). The maximum absolute atomic E-state index is 15.0. The zero-order valence-electron chi connectivity index (χ0n) is 17.8. The molecule has 6 rings (SSSR count). The largest absolute Gasteiger partial charge is 0.573 e. The van der Waals surface area contributed by atoms with Crippen LogP contribution < -0.4 is 15.2 Å². The molecule has 9 nitrogen and oxygen atoms in total. The molecule has 0 aliphatic carbocycles. The van der Waals surface area contributed by atoms with E-state index in [2.05, 4.69) is 19.7 Å². The summed E-state index contributed by atoms with van der Waals surface area (Å²) in [6, 6.07) is 2.37. The molecule has 5 heterocycles. The van der Waals surface area contributed by atoms with Crippen LogP contribution in [0.2, 0.25) is 0 Å². The lowest BCUT2D eigenvalue weighted by molar-refractivity contribution is -0.274. The molecular weight excluding hydrogens is 472 g/mol. The first-order valence-electron chi connectivity index (χ1n) is 10.6. The number of nitrogens with zero attached hydrogens (tertiary/aromatic N) is 5. The monoisotopic (exact) mass is 488 g/mol. The molecule has 1 fully saturated rings. The molecule has 0 bridgehead atoms. The average molecular weight is 488 g/mol. The first-order valence-corrected chi connectivity index (χ1v) is 10.6. The number of nitrogens with two attached hydrogens (primary N) is 1. The van der Waals surface area contributed by atoms with Crippen molar-refractivity contribution in [2.24, 2.45) is 0 Å². The van der Waals surface area contributed by atoms with Crippen molar-refractivity contribution in [2.45, 2.75) is 31.3 Å². The number of aromatic nitrogens is 4. The van der Waals surface area contributed by atoms with Crippen LogP contribution in [0.4, 0.5) is 23.4 Å². The van der Waals surface area contributed by atoms with Crippen molar-refractivity contribution >= 4 is 28.3 Å². The van der Waals surface area contributed by atoms with Crippen molar-refractivity contribution in [1.29, 1.82) is 0 Å². The van der Waals surface area contributed by atoms with E-state index in [-0.39, 0.29) is 22.8 Å². The summed E-state index contributed by atoms with van der Waals surface area (Å²) in [5.74, 6) is -1.96. The van der Waals surface area contributed by atoms with E-state index in [1.54, 1.807) is 16.7 Å². The number of hydrogen-bond acceptors (Lipinski definition) is 7. The second-order valence-electron chi connectivity index (χ2n) is 8.31. The molecule has 0 spiro atoms. The summed E-state index contributed by atoms with van der Waals surface area (Å²) in [7, 11) is 0. The van der Waals surface area contributed by atoms with Gasteiger partial charge in [0.1, 0.15) is 52.0 Å². The van der Waals surface area contributed by atoms with E-state index >= 15 is 4.39 Å². The molecule has 0 radical (unpaired) electrons. The topological polar surface area (TPSA) is 108 Å². The van der Waals surface area contributed by atoms with E-state index in [9.17, 15) is 18.0 Å². The zero-order chi connectivity index (χ0) is 24.5. The minimum Gasteiger partial charge on any atom is -0.487 e. The van der Waals surface area contributed by atoms with Crippen LogP contribution in [0.15, 0.2) is 36.9 Å². The van der Waals surface area contributed by atoms with Gasteiger partial charge in [-0.3, -0.25) is 9.20 Å². The van der Waals surface area contributed by atoms with Crippen LogP contribution in [0, 0.1) is 5.82 Å². The number of carbonyl (C=O) groups excluding carboxylic acids is 1. The number of ether oxygens (including phenoxy) is 2. The Kier molecular flexibility index (Phi) is 4.53. The number of halogens is 4. The molecule has 35 heavy (non-hydrogen) atoms. The van der Waals surface area contributed by atoms with Gasteiger partial charge in [-0.25, -0.2) is 19.3 Å². The Morgan fingerprint density at radius 2 is 2.03 bits per heavy atom. The third kappa shape index (κ3) is 3.45. The molecule has 2 aliphatic heterocycles. The first-order chi connectivity index (χ1) is 16.7. The molecule has 2 atom stereocenters. The van der Waals surface area contributed by atoms with Crippen molar-refractivity contribution in [3.8, 4) is 11.5 Å². The van der Waals surface area contributed by atoms with Gasteiger partial charge in [0.25, 0.3) is 5.91 Å². The number of piperidine rings is 1. The fourth-order valence-corrected chi connectivity index (χ4v) is 4.81. The van der Waals surface area contributed by atoms with E-state index in [1.807, 2.05) is 0 Å². The zero-order valence-corrected chi connectivity index (χ0v) is 17.8. The third-order valence-corrected chi connectivity index (χ3v) is 6.19. The lowest BCUT2D eigenvalue weighted by Gasteiger charge is -2.36. The number of amides is 1. The molecule has 2 N–H and O–H groups in total. The van der Waals surface area contributed by atoms with E-state index in [4.69, 9.17) is 10.5 Å². The summed E-state index contributed by atoms with van der Waals surface area (Å²) < 4.78 is 64.2. The summed E-state index contributed by atoms with van der Waals surface area (Å²) in [6.07, 6.45) is -0.0200. The Labute approximate surface area is 194 Å². The Morgan fingerprint density at radius 1 is 1.20 bits per heavy atom. The minimum absolute atomic E-state index is 0.0183. The number of imidazole rings is 1. The Balaban J connectivity index is 1.39. The maximum atomic E-state index is 15.0. The number of fused-ring (bicyclic) bond motifs is 6. The average Bonchev–Trinajstić information content (AvgIpc) is 3.43. The van der Waals surface area contributed by atoms with Gasteiger partial charge in [-0.2, -0.15) is 0 Å². The van der Waals surface area contributed by atoms with Gasteiger partial charge >= 0.3 is 6.36 Å². The van der Waals surface area contributed by atoms with Gasteiger partial charge in [-0.05, 0) is 18.9 Å². The van der Waals surface area contributed by atoms with Gasteiger partial charge in [0.15, 0.2) is 0 Å². The third-order valence-electron chi connectivity index (χ3n) is 6.19. The van der Waals surface area contributed by atoms with Crippen LogP contribution >= 0.6 is 0 Å². The number of carbonyl (C=O) groups is 1. The van der Waals surface area contributed by atoms with E-state index < -0.39 is 36.0 Å². The summed E-state index contributed by atoms with van der Waals surface area (Å²) in [4.78, 5) is 27.6. The highest BCUT2D eigenvalue weighted by Gasteiger charge is 2.46. The molecule has 180 valence electrons. The SMILES string of the molecule is Nc1nc2cnc(C(=O)N3CCCC4Oc5cc(OC(F)(F)F)cc(F)c5C43)cc2n2cncc12. The fourth-order valence-electron chi connectivity index (χ4n) is 4.81. The highest BCUT2D eigenvalue weighted by Crippen LogP contribution is 2.48. The molecule has 0 saturated carbocycles. The van der Waals surface area contributed by atoms with Crippen LogP contribution in [-0.2, 0) is 0 Å². The predicted molar refractivity (Wildman–Crippen MR) is 113 cm³/mol. The van der Waals surface area contributed by atoms with Crippen molar-refractivity contribution in [3.63, 3.8) is 0 Å². The van der Waals surface area contributed by atoms with E-state index in [1.165, 1.54) is 17.4 Å². The van der Waals surface area contributed by atoms with Crippen LogP contribution in [0.1, 0.15) is 34.9 Å². The lowest BCUT2D eigenvalue weighted by Crippen LogP contribution is -2.45. The van der Waals surface area contributed by atoms with Crippen molar-refractivity contribution < 1.29 is 31.8 Å². The second-order valence-corrected chi connectivity index (χ2v) is 8.31. The number of benzene rings is 1.